The van der Waals surface area contributed by atoms with Crippen molar-refractivity contribution in [1.82, 2.24) is 9.80 Å². The molecule has 0 atom stereocenters. The number of halogens is 1. The summed E-state index contributed by atoms with van der Waals surface area (Å²) in [5, 5.41) is 0.652. The molecule has 160 valence electrons. The third-order valence-corrected chi connectivity index (χ3v) is 6.57. The van der Waals surface area contributed by atoms with Crippen LogP contribution in [-0.2, 0) is 9.59 Å². The minimum atomic E-state index is -0.331. The van der Waals surface area contributed by atoms with Crippen LogP contribution in [0.1, 0.15) is 39.0 Å². The number of likely N-dealkylation sites (tertiary alicyclic amines) is 2. The van der Waals surface area contributed by atoms with Crippen molar-refractivity contribution in [3.63, 3.8) is 0 Å². The van der Waals surface area contributed by atoms with Gasteiger partial charge in [-0.05, 0) is 69.0 Å². The van der Waals surface area contributed by atoms with E-state index in [9.17, 15) is 9.59 Å². The van der Waals surface area contributed by atoms with E-state index in [2.05, 4.69) is 11.8 Å². The van der Waals surface area contributed by atoms with Gasteiger partial charge in [0, 0.05) is 29.9 Å². The Bertz CT molecular complexity index is 694. The van der Waals surface area contributed by atoms with Crippen LogP contribution in [0, 0.1) is 11.3 Å². The van der Waals surface area contributed by atoms with E-state index in [4.69, 9.17) is 22.1 Å². The van der Waals surface area contributed by atoms with Crippen molar-refractivity contribution in [3.05, 3.63) is 29.3 Å². The number of rotatable bonds is 7. The molecule has 0 radical (unpaired) electrons. The van der Waals surface area contributed by atoms with Crippen LogP contribution in [0.2, 0.25) is 5.02 Å². The number of carbonyl (C=O) groups is 2. The van der Waals surface area contributed by atoms with Crippen LogP contribution in [0.3, 0.4) is 0 Å². The summed E-state index contributed by atoms with van der Waals surface area (Å²) in [5.41, 5.74) is 5.20. The zero-order chi connectivity index (χ0) is 20.9. The fourth-order valence-corrected chi connectivity index (χ4v) is 4.38. The predicted octanol–water partition coefficient (Wildman–Crippen LogP) is 2.93. The number of primary amides is 1. The van der Waals surface area contributed by atoms with Crippen molar-refractivity contribution in [2.24, 2.45) is 17.1 Å². The maximum absolute atomic E-state index is 12.7. The molecule has 0 aliphatic carbocycles. The van der Waals surface area contributed by atoms with E-state index in [1.54, 1.807) is 12.1 Å². The minimum Gasteiger partial charge on any atom is -0.493 e. The van der Waals surface area contributed by atoms with E-state index < -0.39 is 0 Å². The first-order valence-electron chi connectivity index (χ1n) is 10.5. The predicted molar refractivity (Wildman–Crippen MR) is 114 cm³/mol. The highest BCUT2D eigenvalue weighted by Gasteiger charge is 2.38. The van der Waals surface area contributed by atoms with Crippen LogP contribution >= 0.6 is 11.6 Å². The second kappa shape index (κ2) is 9.81. The van der Waals surface area contributed by atoms with Crippen LogP contribution < -0.4 is 10.5 Å². The van der Waals surface area contributed by atoms with Crippen molar-refractivity contribution in [1.29, 1.82) is 0 Å². The lowest BCUT2D eigenvalue weighted by atomic mass is 9.76. The lowest BCUT2D eigenvalue weighted by molar-refractivity contribution is -0.136. The second-order valence-corrected chi connectivity index (χ2v) is 9.16. The van der Waals surface area contributed by atoms with Crippen LogP contribution in [0.5, 0.6) is 5.75 Å². The van der Waals surface area contributed by atoms with Crippen molar-refractivity contribution >= 4 is 23.4 Å². The number of amides is 2. The van der Waals surface area contributed by atoms with Crippen molar-refractivity contribution < 1.29 is 14.3 Å². The molecule has 29 heavy (non-hydrogen) atoms. The fraction of sp³-hybridized carbons (Fsp3) is 0.636. The van der Waals surface area contributed by atoms with Gasteiger partial charge in [0.25, 0.3) is 0 Å². The van der Waals surface area contributed by atoms with E-state index in [1.165, 1.54) is 0 Å². The van der Waals surface area contributed by atoms with Gasteiger partial charge in [-0.2, -0.15) is 0 Å². The molecule has 3 rings (SSSR count). The maximum Gasteiger partial charge on any atom is 0.236 e. The Balaban J connectivity index is 1.53. The molecule has 0 saturated carbocycles. The Kier molecular flexibility index (Phi) is 7.41. The number of nitrogens with two attached hydrogens (primary N) is 1. The van der Waals surface area contributed by atoms with E-state index in [1.807, 2.05) is 17.0 Å². The molecule has 2 saturated heterocycles. The summed E-state index contributed by atoms with van der Waals surface area (Å²) in [6.07, 6.45) is 4.03. The molecule has 1 aromatic carbocycles. The minimum absolute atomic E-state index is 0.186. The second-order valence-electron chi connectivity index (χ2n) is 8.73. The molecule has 7 heteroatoms. The zero-order valence-electron chi connectivity index (χ0n) is 17.2. The van der Waals surface area contributed by atoms with Gasteiger partial charge in [0.1, 0.15) is 5.75 Å². The molecular formula is C22H32ClN3O3. The first kappa shape index (κ1) is 21.9. The Hall–Kier alpha value is -1.79. The Morgan fingerprint density at radius 2 is 1.76 bits per heavy atom. The number of hydrogen-bond acceptors (Lipinski definition) is 4. The number of piperidine rings is 2. The standard InChI is InChI=1S/C22H32ClN3O3/c1-17-6-10-25(11-7-17)15-21(28)26-12-8-22(9-13-26,14-20(24)27)16-29-19-4-2-18(23)3-5-19/h2-5,17H,6-16H2,1H3,(H2,24,27). The fourth-order valence-electron chi connectivity index (χ4n) is 4.25. The van der Waals surface area contributed by atoms with Crippen molar-refractivity contribution in [2.45, 2.75) is 39.0 Å². The van der Waals surface area contributed by atoms with Crippen molar-refractivity contribution in [2.75, 3.05) is 39.3 Å². The summed E-state index contributed by atoms with van der Waals surface area (Å²) in [4.78, 5) is 28.6. The Morgan fingerprint density at radius 3 is 2.34 bits per heavy atom. The number of ether oxygens (including phenoxy) is 1. The van der Waals surface area contributed by atoms with E-state index >= 15 is 0 Å². The monoisotopic (exact) mass is 421 g/mol. The average Bonchev–Trinajstić information content (AvgIpc) is 2.69. The summed E-state index contributed by atoms with van der Waals surface area (Å²) in [6, 6.07) is 7.19. The molecule has 2 fully saturated rings. The first-order valence-corrected chi connectivity index (χ1v) is 10.9. The van der Waals surface area contributed by atoms with Gasteiger partial charge in [0.2, 0.25) is 11.8 Å². The molecule has 6 nitrogen and oxygen atoms in total. The highest BCUT2D eigenvalue weighted by atomic mass is 35.5. The summed E-state index contributed by atoms with van der Waals surface area (Å²) in [6.45, 7) is 6.46. The van der Waals surface area contributed by atoms with Gasteiger partial charge in [0.15, 0.2) is 0 Å². The zero-order valence-corrected chi connectivity index (χ0v) is 18.0. The third kappa shape index (κ3) is 6.34. The lowest BCUT2D eigenvalue weighted by Crippen LogP contribution is -2.50. The lowest BCUT2D eigenvalue weighted by Gasteiger charge is -2.41. The average molecular weight is 422 g/mol. The normalized spacial score (nSPS) is 20.4. The van der Waals surface area contributed by atoms with Crippen LogP contribution in [0.25, 0.3) is 0 Å². The summed E-state index contributed by atoms with van der Waals surface area (Å²) >= 11 is 5.92. The summed E-state index contributed by atoms with van der Waals surface area (Å²) < 4.78 is 5.95. The molecule has 2 amide bonds. The first-order chi connectivity index (χ1) is 13.8. The van der Waals surface area contributed by atoms with E-state index in [-0.39, 0.29) is 23.7 Å². The molecule has 2 heterocycles. The molecule has 1 aromatic rings. The number of carbonyl (C=O) groups excluding carboxylic acids is 2. The van der Waals surface area contributed by atoms with Gasteiger partial charge in [-0.15, -0.1) is 0 Å². The smallest absolute Gasteiger partial charge is 0.236 e. The van der Waals surface area contributed by atoms with Crippen molar-refractivity contribution in [3.8, 4) is 5.75 Å². The largest absolute Gasteiger partial charge is 0.493 e. The highest BCUT2D eigenvalue weighted by Crippen LogP contribution is 2.36. The summed E-state index contributed by atoms with van der Waals surface area (Å²) in [7, 11) is 0. The molecule has 0 unspecified atom stereocenters. The number of benzene rings is 1. The van der Waals surface area contributed by atoms with Crippen LogP contribution in [0.4, 0.5) is 0 Å². The van der Waals surface area contributed by atoms with Gasteiger partial charge < -0.3 is 15.4 Å². The van der Waals surface area contributed by atoms with Gasteiger partial charge in [0.05, 0.1) is 13.2 Å². The maximum atomic E-state index is 12.7. The van der Waals surface area contributed by atoms with Gasteiger partial charge in [-0.1, -0.05) is 18.5 Å². The molecule has 0 spiro atoms. The van der Waals surface area contributed by atoms with Gasteiger partial charge in [-0.3, -0.25) is 14.5 Å². The van der Waals surface area contributed by atoms with Crippen LogP contribution in [-0.4, -0.2) is 60.9 Å². The van der Waals surface area contributed by atoms with Crippen LogP contribution in [0.15, 0.2) is 24.3 Å². The molecule has 0 bridgehead atoms. The van der Waals surface area contributed by atoms with Gasteiger partial charge in [-0.25, -0.2) is 0 Å². The highest BCUT2D eigenvalue weighted by molar-refractivity contribution is 6.30. The van der Waals surface area contributed by atoms with Gasteiger partial charge >= 0.3 is 0 Å². The molecule has 2 N–H and O–H groups in total. The van der Waals surface area contributed by atoms with E-state index in [0.717, 1.165) is 37.6 Å². The number of hydrogen-bond donors (Lipinski definition) is 1. The number of nitrogens with zero attached hydrogens (tertiary/aromatic N) is 2. The topological polar surface area (TPSA) is 75.9 Å². The summed E-state index contributed by atoms with van der Waals surface area (Å²) in [5.74, 6) is 1.33. The molecule has 2 aliphatic rings. The molecular weight excluding hydrogens is 390 g/mol. The quantitative estimate of drug-likeness (QED) is 0.734. The third-order valence-electron chi connectivity index (χ3n) is 6.32. The molecule has 0 aromatic heterocycles. The Morgan fingerprint density at radius 1 is 1.14 bits per heavy atom. The SMILES string of the molecule is CC1CCN(CC(=O)N2CCC(COc3ccc(Cl)cc3)(CC(N)=O)CC2)CC1. The Labute approximate surface area is 178 Å². The van der Waals surface area contributed by atoms with E-state index in [0.29, 0.717) is 44.1 Å². The molecule has 2 aliphatic heterocycles.